The SMILES string of the molecule is O=C(NC(Cc1ncnc2ccccc12)C(=O)O)OCC1c2ccccc2-c2ccccc21. The van der Waals surface area contributed by atoms with E-state index in [1.165, 1.54) is 6.33 Å². The summed E-state index contributed by atoms with van der Waals surface area (Å²) in [7, 11) is 0. The lowest BCUT2D eigenvalue weighted by Gasteiger charge is -2.17. The van der Waals surface area contributed by atoms with Crippen molar-refractivity contribution in [3.63, 3.8) is 0 Å². The quantitative estimate of drug-likeness (QED) is 0.468. The first-order valence-corrected chi connectivity index (χ1v) is 10.6. The molecular weight excluding hydrogens is 418 g/mol. The average Bonchev–Trinajstić information content (AvgIpc) is 3.16. The van der Waals surface area contributed by atoms with E-state index in [1.807, 2.05) is 60.7 Å². The zero-order chi connectivity index (χ0) is 22.8. The number of nitrogens with one attached hydrogen (secondary N) is 1. The smallest absolute Gasteiger partial charge is 0.407 e. The van der Waals surface area contributed by atoms with Crippen molar-refractivity contribution in [3.05, 3.63) is 95.9 Å². The molecule has 0 aliphatic heterocycles. The molecule has 1 aromatic heterocycles. The summed E-state index contributed by atoms with van der Waals surface area (Å²) in [6.45, 7) is 0.114. The molecule has 0 fully saturated rings. The van der Waals surface area contributed by atoms with E-state index in [0.717, 1.165) is 27.6 Å². The van der Waals surface area contributed by atoms with Crippen LogP contribution in [0, 0.1) is 0 Å². The molecular formula is C26H21N3O4. The van der Waals surface area contributed by atoms with Crippen molar-refractivity contribution in [1.29, 1.82) is 0 Å². The van der Waals surface area contributed by atoms with Crippen molar-refractivity contribution in [3.8, 4) is 11.1 Å². The number of carboxylic acid groups (broad SMARTS) is 1. The zero-order valence-electron chi connectivity index (χ0n) is 17.6. The summed E-state index contributed by atoms with van der Waals surface area (Å²) >= 11 is 0. The van der Waals surface area contributed by atoms with Crippen molar-refractivity contribution in [2.75, 3.05) is 6.61 Å². The van der Waals surface area contributed by atoms with E-state index in [0.29, 0.717) is 11.2 Å². The van der Waals surface area contributed by atoms with E-state index < -0.39 is 18.1 Å². The van der Waals surface area contributed by atoms with Crippen LogP contribution in [0.1, 0.15) is 22.7 Å². The summed E-state index contributed by atoms with van der Waals surface area (Å²) in [4.78, 5) is 32.8. The van der Waals surface area contributed by atoms with Crippen molar-refractivity contribution in [1.82, 2.24) is 15.3 Å². The number of carbonyl (C=O) groups excluding carboxylic acids is 1. The normalized spacial score (nSPS) is 13.2. The summed E-state index contributed by atoms with van der Waals surface area (Å²) in [5.41, 5.74) is 5.70. The maximum atomic E-state index is 12.6. The fourth-order valence-corrected chi connectivity index (χ4v) is 4.40. The Hall–Kier alpha value is -4.26. The second-order valence-electron chi connectivity index (χ2n) is 7.90. The van der Waals surface area contributed by atoms with Crippen molar-refractivity contribution in [2.24, 2.45) is 0 Å². The first-order chi connectivity index (χ1) is 16.1. The van der Waals surface area contributed by atoms with Crippen LogP contribution in [-0.2, 0) is 16.0 Å². The highest BCUT2D eigenvalue weighted by Crippen LogP contribution is 2.44. The van der Waals surface area contributed by atoms with Gasteiger partial charge < -0.3 is 15.2 Å². The second kappa shape index (κ2) is 8.70. The van der Waals surface area contributed by atoms with Crippen LogP contribution in [-0.4, -0.2) is 39.8 Å². The molecule has 0 saturated carbocycles. The van der Waals surface area contributed by atoms with Crippen LogP contribution in [0.25, 0.3) is 22.0 Å². The van der Waals surface area contributed by atoms with Crippen LogP contribution in [0.5, 0.6) is 0 Å². The van der Waals surface area contributed by atoms with Gasteiger partial charge in [0.2, 0.25) is 0 Å². The number of benzene rings is 3. The number of fused-ring (bicyclic) bond motifs is 4. The number of alkyl carbamates (subject to hydrolysis) is 1. The summed E-state index contributed by atoms with van der Waals surface area (Å²) in [5.74, 6) is -1.26. The van der Waals surface area contributed by atoms with Gasteiger partial charge in [-0.15, -0.1) is 0 Å². The summed E-state index contributed by atoms with van der Waals surface area (Å²) in [6.07, 6.45) is 0.634. The van der Waals surface area contributed by atoms with Crippen molar-refractivity contribution in [2.45, 2.75) is 18.4 Å². The number of amides is 1. The third-order valence-corrected chi connectivity index (χ3v) is 5.96. The molecule has 5 rings (SSSR count). The summed E-state index contributed by atoms with van der Waals surface area (Å²) in [5, 5.41) is 12.9. The largest absolute Gasteiger partial charge is 0.480 e. The van der Waals surface area contributed by atoms with Crippen LogP contribution in [0.4, 0.5) is 4.79 Å². The maximum Gasteiger partial charge on any atom is 0.407 e. The fraction of sp³-hybridized carbons (Fsp3) is 0.154. The highest BCUT2D eigenvalue weighted by molar-refractivity contribution is 5.84. The molecule has 0 radical (unpaired) electrons. The van der Waals surface area contributed by atoms with Gasteiger partial charge in [-0.1, -0.05) is 66.7 Å². The number of aromatic nitrogens is 2. The third-order valence-electron chi connectivity index (χ3n) is 5.96. The third kappa shape index (κ3) is 4.01. The Morgan fingerprint density at radius 1 is 0.909 bits per heavy atom. The Morgan fingerprint density at radius 2 is 1.55 bits per heavy atom. The Morgan fingerprint density at radius 3 is 2.24 bits per heavy atom. The standard InChI is InChI=1S/C26H21N3O4/c30-25(31)24(13-23-20-11-5-6-12-22(20)27-15-28-23)29-26(32)33-14-21-18-9-3-1-7-16(18)17-8-2-4-10-19(17)21/h1-12,15,21,24H,13-14H2,(H,29,32)(H,30,31). The number of para-hydroxylation sites is 1. The number of nitrogens with zero attached hydrogens (tertiary/aromatic N) is 2. The highest BCUT2D eigenvalue weighted by Gasteiger charge is 2.30. The Bertz CT molecular complexity index is 1300. The molecule has 0 spiro atoms. The Balaban J connectivity index is 1.29. The van der Waals surface area contributed by atoms with Gasteiger partial charge in [-0.2, -0.15) is 0 Å². The molecule has 33 heavy (non-hydrogen) atoms. The average molecular weight is 439 g/mol. The van der Waals surface area contributed by atoms with Gasteiger partial charge in [-0.05, 0) is 28.3 Å². The minimum absolute atomic E-state index is 0.0164. The van der Waals surface area contributed by atoms with E-state index in [9.17, 15) is 14.7 Å². The molecule has 4 aromatic rings. The summed E-state index contributed by atoms with van der Waals surface area (Å²) < 4.78 is 5.50. The van der Waals surface area contributed by atoms with Crippen LogP contribution >= 0.6 is 0 Å². The zero-order valence-corrected chi connectivity index (χ0v) is 17.6. The van der Waals surface area contributed by atoms with Crippen LogP contribution in [0.15, 0.2) is 79.1 Å². The first kappa shape index (κ1) is 20.6. The molecule has 2 N–H and O–H groups in total. The van der Waals surface area contributed by atoms with Gasteiger partial charge in [0.1, 0.15) is 19.0 Å². The molecule has 0 bridgehead atoms. The minimum atomic E-state index is -1.18. The van der Waals surface area contributed by atoms with Crippen LogP contribution < -0.4 is 5.32 Å². The number of ether oxygens (including phenoxy) is 1. The van der Waals surface area contributed by atoms with Crippen LogP contribution in [0.2, 0.25) is 0 Å². The molecule has 3 aromatic carbocycles. The van der Waals surface area contributed by atoms with E-state index in [4.69, 9.17) is 4.74 Å². The van der Waals surface area contributed by atoms with Gasteiger partial charge >= 0.3 is 12.1 Å². The maximum absolute atomic E-state index is 12.6. The lowest BCUT2D eigenvalue weighted by molar-refractivity contribution is -0.139. The molecule has 1 aliphatic carbocycles. The van der Waals surface area contributed by atoms with E-state index >= 15 is 0 Å². The number of carboxylic acids is 1. The van der Waals surface area contributed by atoms with Crippen molar-refractivity contribution >= 4 is 23.0 Å². The van der Waals surface area contributed by atoms with Gasteiger partial charge in [0.25, 0.3) is 0 Å². The highest BCUT2D eigenvalue weighted by atomic mass is 16.5. The van der Waals surface area contributed by atoms with Gasteiger partial charge in [0.15, 0.2) is 0 Å². The van der Waals surface area contributed by atoms with Gasteiger partial charge in [-0.25, -0.2) is 19.6 Å². The number of carbonyl (C=O) groups is 2. The summed E-state index contributed by atoms with van der Waals surface area (Å²) in [6, 6.07) is 22.2. The predicted octanol–water partition coefficient (Wildman–Crippen LogP) is 4.16. The lowest BCUT2D eigenvalue weighted by Crippen LogP contribution is -2.43. The minimum Gasteiger partial charge on any atom is -0.480 e. The fourth-order valence-electron chi connectivity index (χ4n) is 4.40. The molecule has 1 heterocycles. The molecule has 1 amide bonds. The van der Waals surface area contributed by atoms with E-state index in [2.05, 4.69) is 27.4 Å². The molecule has 164 valence electrons. The van der Waals surface area contributed by atoms with Gasteiger partial charge in [0, 0.05) is 17.7 Å². The van der Waals surface area contributed by atoms with E-state index in [-0.39, 0.29) is 18.9 Å². The van der Waals surface area contributed by atoms with Gasteiger partial charge in [0.05, 0.1) is 11.2 Å². The number of hydrogen-bond donors (Lipinski definition) is 2. The van der Waals surface area contributed by atoms with E-state index in [1.54, 1.807) is 0 Å². The van der Waals surface area contributed by atoms with Gasteiger partial charge in [-0.3, -0.25) is 0 Å². The predicted molar refractivity (Wildman–Crippen MR) is 123 cm³/mol. The second-order valence-corrected chi connectivity index (χ2v) is 7.90. The Labute approximate surface area is 190 Å². The number of hydrogen-bond acceptors (Lipinski definition) is 5. The monoisotopic (exact) mass is 439 g/mol. The topological polar surface area (TPSA) is 101 Å². The lowest BCUT2D eigenvalue weighted by atomic mass is 9.98. The molecule has 1 aliphatic rings. The first-order valence-electron chi connectivity index (χ1n) is 10.6. The molecule has 1 atom stereocenters. The van der Waals surface area contributed by atoms with Crippen molar-refractivity contribution < 1.29 is 19.4 Å². The van der Waals surface area contributed by atoms with Crippen LogP contribution in [0.3, 0.4) is 0 Å². The molecule has 1 unspecified atom stereocenters. The molecule has 0 saturated heterocycles. The molecule has 7 nitrogen and oxygen atoms in total. The number of aliphatic carboxylic acids is 1. The number of rotatable bonds is 6. The Kier molecular flexibility index (Phi) is 5.44. The molecule has 7 heteroatoms.